The van der Waals surface area contributed by atoms with E-state index in [1.165, 1.54) is 19.0 Å². The summed E-state index contributed by atoms with van der Waals surface area (Å²) < 4.78 is 0. The second kappa shape index (κ2) is 2.57. The molecular formula is C6H13P. The highest BCUT2D eigenvalue weighted by Gasteiger charge is 1.97. The molecule has 0 saturated heterocycles. The van der Waals surface area contributed by atoms with E-state index in [4.69, 9.17) is 0 Å². The molecule has 1 heteroatoms. The van der Waals surface area contributed by atoms with E-state index < -0.39 is 0 Å². The number of rotatable bonds is 1. The van der Waals surface area contributed by atoms with E-state index in [-0.39, 0.29) is 7.55 Å². The molecule has 0 saturated carbocycles. The van der Waals surface area contributed by atoms with Crippen molar-refractivity contribution in [1.29, 1.82) is 0 Å². The first-order valence-electron chi connectivity index (χ1n) is 3.11. The molecule has 42 valence electrons. The van der Waals surface area contributed by atoms with Crippen LogP contribution in [0.25, 0.3) is 0 Å². The van der Waals surface area contributed by atoms with Gasteiger partial charge in [-0.1, -0.05) is 12.7 Å². The Balaban J connectivity index is 2.36. The van der Waals surface area contributed by atoms with E-state index in [0.717, 1.165) is 0 Å². The molecule has 0 aliphatic carbocycles. The molecule has 1 atom stereocenters. The summed E-state index contributed by atoms with van der Waals surface area (Å²) in [4.78, 5) is 0. The fourth-order valence-electron chi connectivity index (χ4n) is 1.06. The molecule has 1 aliphatic rings. The van der Waals surface area contributed by atoms with Crippen LogP contribution in [0, 0.1) is 0 Å². The lowest BCUT2D eigenvalue weighted by atomic mass is 10.4. The molecule has 0 aromatic carbocycles. The fraction of sp³-hybridized carbons (Fsp3) is 0.833. The van der Waals surface area contributed by atoms with E-state index >= 15 is 0 Å². The standard InChI is InChI=1S/C6H13P/c1-2-7-5-3-4-6-7/h5,7H,2-4,6H2,1H3. The number of hydrogen-bond acceptors (Lipinski definition) is 0. The van der Waals surface area contributed by atoms with Gasteiger partial charge >= 0.3 is 0 Å². The highest BCUT2D eigenvalue weighted by atomic mass is 31.1. The Kier molecular flexibility index (Phi) is 2.00. The molecule has 0 nitrogen and oxygen atoms in total. The van der Waals surface area contributed by atoms with Crippen molar-refractivity contribution in [2.75, 3.05) is 12.3 Å². The second-order valence-electron chi connectivity index (χ2n) is 2.11. The number of hydrogen-bond donors (Lipinski definition) is 0. The zero-order valence-electron chi connectivity index (χ0n) is 4.91. The SMILES string of the molecule is CC[PH]1=CCCC1. The van der Waals surface area contributed by atoms with Gasteiger partial charge in [-0.15, -0.1) is 7.55 Å². The molecule has 1 unspecified atom stereocenters. The maximum absolute atomic E-state index is 2.56. The molecule has 0 fully saturated rings. The Morgan fingerprint density at radius 2 is 2.57 bits per heavy atom. The maximum Gasteiger partial charge on any atom is -0.0345 e. The molecule has 0 bridgehead atoms. The lowest BCUT2D eigenvalue weighted by molar-refractivity contribution is 1.04. The molecule has 0 aromatic heterocycles. The molecule has 0 spiro atoms. The van der Waals surface area contributed by atoms with E-state index in [9.17, 15) is 0 Å². The molecule has 1 aliphatic heterocycles. The Morgan fingerprint density at radius 1 is 1.71 bits per heavy atom. The first kappa shape index (κ1) is 5.44. The molecule has 0 amide bonds. The molecule has 1 rings (SSSR count). The Hall–Kier alpha value is 0.300. The van der Waals surface area contributed by atoms with Crippen molar-refractivity contribution in [3.8, 4) is 0 Å². The topological polar surface area (TPSA) is 0 Å². The van der Waals surface area contributed by atoms with Gasteiger partial charge in [0, 0.05) is 0 Å². The van der Waals surface area contributed by atoms with Crippen LogP contribution in [0.3, 0.4) is 0 Å². The average molecular weight is 116 g/mol. The molecule has 0 aromatic rings. The Labute approximate surface area is 46.3 Å². The normalized spacial score (nSPS) is 30.1. The summed E-state index contributed by atoms with van der Waals surface area (Å²) in [5.74, 6) is 2.56. The van der Waals surface area contributed by atoms with E-state index in [1.807, 2.05) is 0 Å². The zero-order valence-corrected chi connectivity index (χ0v) is 5.91. The van der Waals surface area contributed by atoms with Gasteiger partial charge in [-0.3, -0.25) is 0 Å². The predicted octanol–water partition coefficient (Wildman–Crippen LogP) is 1.82. The van der Waals surface area contributed by atoms with Gasteiger partial charge in [-0.25, -0.2) is 0 Å². The summed E-state index contributed by atoms with van der Waals surface area (Å²) in [5, 5.41) is 0. The Morgan fingerprint density at radius 3 is 2.86 bits per heavy atom. The first-order chi connectivity index (χ1) is 3.43. The van der Waals surface area contributed by atoms with Gasteiger partial charge in [-0.2, -0.15) is 0 Å². The van der Waals surface area contributed by atoms with Crippen molar-refractivity contribution in [2.45, 2.75) is 19.8 Å². The minimum absolute atomic E-state index is 0.123. The molecule has 0 radical (unpaired) electrons. The smallest absolute Gasteiger partial charge is 0.0345 e. The van der Waals surface area contributed by atoms with Crippen LogP contribution in [0.4, 0.5) is 0 Å². The van der Waals surface area contributed by atoms with Crippen molar-refractivity contribution in [3.63, 3.8) is 0 Å². The van der Waals surface area contributed by atoms with Crippen molar-refractivity contribution in [2.24, 2.45) is 0 Å². The van der Waals surface area contributed by atoms with E-state index in [1.54, 1.807) is 6.16 Å². The maximum atomic E-state index is 2.56. The van der Waals surface area contributed by atoms with Gasteiger partial charge in [0.25, 0.3) is 0 Å². The predicted molar refractivity (Wildman–Crippen MR) is 39.0 cm³/mol. The molecule has 0 N–H and O–H groups in total. The third kappa shape index (κ3) is 1.35. The van der Waals surface area contributed by atoms with Crippen LogP contribution in [0.1, 0.15) is 19.8 Å². The third-order valence-corrected chi connectivity index (χ3v) is 4.36. The largest absolute Gasteiger partial charge is 0.122 e. The molecule has 1 heterocycles. The first-order valence-corrected chi connectivity index (χ1v) is 5.10. The quantitative estimate of drug-likeness (QED) is 0.458. The van der Waals surface area contributed by atoms with Crippen LogP contribution in [0.2, 0.25) is 0 Å². The van der Waals surface area contributed by atoms with Crippen molar-refractivity contribution < 1.29 is 0 Å². The van der Waals surface area contributed by atoms with Crippen LogP contribution < -0.4 is 0 Å². The van der Waals surface area contributed by atoms with Crippen LogP contribution in [0.15, 0.2) is 0 Å². The van der Waals surface area contributed by atoms with Crippen LogP contribution >= 0.6 is 7.55 Å². The summed E-state index contributed by atoms with van der Waals surface area (Å²) in [6.45, 7) is 2.32. The lowest BCUT2D eigenvalue weighted by Crippen LogP contribution is -1.68. The van der Waals surface area contributed by atoms with Gasteiger partial charge in [0.15, 0.2) is 0 Å². The summed E-state index contributed by atoms with van der Waals surface area (Å²) in [6, 6.07) is 0. The van der Waals surface area contributed by atoms with Gasteiger partial charge in [0.1, 0.15) is 0 Å². The average Bonchev–Trinajstić information content (AvgIpc) is 2.14. The monoisotopic (exact) mass is 116 g/mol. The second-order valence-corrected chi connectivity index (χ2v) is 5.04. The van der Waals surface area contributed by atoms with Gasteiger partial charge in [-0.05, 0) is 25.2 Å². The molecular weight excluding hydrogens is 103 g/mol. The minimum atomic E-state index is 0.123. The van der Waals surface area contributed by atoms with Gasteiger partial charge in [0.05, 0.1) is 0 Å². The highest BCUT2D eigenvalue weighted by molar-refractivity contribution is 7.57. The van der Waals surface area contributed by atoms with Crippen LogP contribution in [0.5, 0.6) is 0 Å². The zero-order chi connectivity index (χ0) is 5.11. The lowest BCUT2D eigenvalue weighted by Gasteiger charge is -1.90. The summed E-state index contributed by atoms with van der Waals surface area (Å²) in [6.07, 6.45) is 5.93. The van der Waals surface area contributed by atoms with Crippen LogP contribution in [-0.2, 0) is 0 Å². The van der Waals surface area contributed by atoms with Crippen LogP contribution in [-0.4, -0.2) is 18.1 Å². The van der Waals surface area contributed by atoms with Crippen molar-refractivity contribution in [3.05, 3.63) is 0 Å². The third-order valence-electron chi connectivity index (χ3n) is 1.59. The fourth-order valence-corrected chi connectivity index (χ4v) is 3.18. The summed E-state index contributed by atoms with van der Waals surface area (Å²) in [5.41, 5.74) is 0. The van der Waals surface area contributed by atoms with Crippen molar-refractivity contribution in [1.82, 2.24) is 0 Å². The van der Waals surface area contributed by atoms with Crippen molar-refractivity contribution >= 4 is 13.3 Å². The molecule has 7 heavy (non-hydrogen) atoms. The minimum Gasteiger partial charge on any atom is -0.122 e. The summed E-state index contributed by atoms with van der Waals surface area (Å²) >= 11 is 0. The highest BCUT2D eigenvalue weighted by Crippen LogP contribution is 2.28. The van der Waals surface area contributed by atoms with E-state index in [2.05, 4.69) is 12.7 Å². The van der Waals surface area contributed by atoms with E-state index in [0.29, 0.717) is 0 Å². The Bertz CT molecular complexity index is 84.2. The van der Waals surface area contributed by atoms with Gasteiger partial charge < -0.3 is 0 Å². The van der Waals surface area contributed by atoms with Gasteiger partial charge in [0.2, 0.25) is 0 Å². The summed E-state index contributed by atoms with van der Waals surface area (Å²) in [7, 11) is 0.123.